The minimum absolute atomic E-state index is 0.101. The number of thiophene rings is 1. The number of anilines is 2. The van der Waals surface area contributed by atoms with E-state index in [4.69, 9.17) is 4.74 Å². The third kappa shape index (κ3) is 2.68. The molecule has 0 aliphatic heterocycles. The van der Waals surface area contributed by atoms with Crippen LogP contribution >= 0.6 is 11.3 Å². The number of phenolic OH excluding ortho intramolecular Hbond substituents is 1. The van der Waals surface area contributed by atoms with Crippen molar-refractivity contribution in [1.82, 2.24) is 4.98 Å². The molecule has 0 aliphatic rings. The average Bonchev–Trinajstić information content (AvgIpc) is 3.12. The van der Waals surface area contributed by atoms with Crippen LogP contribution < -0.4 is 10.1 Å². The number of carbonyl (C=O) groups is 1. The zero-order valence-corrected chi connectivity index (χ0v) is 14.5. The van der Waals surface area contributed by atoms with Gasteiger partial charge < -0.3 is 20.3 Å². The molecule has 0 radical (unpaired) electrons. The average molecular weight is 366 g/mol. The van der Waals surface area contributed by atoms with Crippen LogP contribution in [0, 0.1) is 0 Å². The first-order valence-corrected chi connectivity index (χ1v) is 8.63. The van der Waals surface area contributed by atoms with Gasteiger partial charge in [-0.3, -0.25) is 0 Å². The van der Waals surface area contributed by atoms with E-state index in [1.165, 1.54) is 6.07 Å². The van der Waals surface area contributed by atoms with Crippen LogP contribution in [-0.4, -0.2) is 28.3 Å². The number of carboxylic acids is 1. The molecule has 130 valence electrons. The van der Waals surface area contributed by atoms with Crippen molar-refractivity contribution in [2.24, 2.45) is 0 Å². The Balaban J connectivity index is 1.92. The summed E-state index contributed by atoms with van der Waals surface area (Å²) in [7, 11) is 1.55. The molecule has 0 amide bonds. The number of carboxylic acid groups (broad SMARTS) is 1. The number of pyridine rings is 1. The number of methoxy groups -OCH3 is 1. The fourth-order valence-corrected chi connectivity index (χ4v) is 3.78. The predicted molar refractivity (Wildman–Crippen MR) is 102 cm³/mol. The summed E-state index contributed by atoms with van der Waals surface area (Å²) in [6.45, 7) is 0. The minimum Gasteiger partial charge on any atom is -0.508 e. The summed E-state index contributed by atoms with van der Waals surface area (Å²) in [6.07, 6.45) is 0. The number of aromatic carboxylic acids is 1. The Morgan fingerprint density at radius 3 is 2.77 bits per heavy atom. The summed E-state index contributed by atoms with van der Waals surface area (Å²) in [4.78, 5) is 15.9. The summed E-state index contributed by atoms with van der Waals surface area (Å²) < 4.78 is 6.34. The van der Waals surface area contributed by atoms with E-state index in [9.17, 15) is 15.0 Å². The van der Waals surface area contributed by atoms with E-state index in [2.05, 4.69) is 10.3 Å². The second-order valence-electron chi connectivity index (χ2n) is 5.67. The molecule has 7 heteroatoms. The van der Waals surface area contributed by atoms with Gasteiger partial charge in [-0.15, -0.1) is 11.3 Å². The van der Waals surface area contributed by atoms with E-state index >= 15 is 0 Å². The Bertz CT molecular complexity index is 1150. The van der Waals surface area contributed by atoms with E-state index in [1.54, 1.807) is 48.8 Å². The first-order chi connectivity index (χ1) is 12.6. The summed E-state index contributed by atoms with van der Waals surface area (Å²) in [5, 5.41) is 26.0. The van der Waals surface area contributed by atoms with Crippen molar-refractivity contribution in [1.29, 1.82) is 0 Å². The van der Waals surface area contributed by atoms with E-state index in [0.717, 1.165) is 15.5 Å². The summed E-state index contributed by atoms with van der Waals surface area (Å²) in [6, 6.07) is 11.6. The maximum Gasteiger partial charge on any atom is 0.335 e. The quantitative estimate of drug-likeness (QED) is 0.489. The van der Waals surface area contributed by atoms with Crippen molar-refractivity contribution in [2.75, 3.05) is 12.4 Å². The first-order valence-electron chi connectivity index (χ1n) is 7.75. The van der Waals surface area contributed by atoms with Crippen molar-refractivity contribution >= 4 is 49.8 Å². The molecular weight excluding hydrogens is 352 g/mol. The molecule has 0 fully saturated rings. The van der Waals surface area contributed by atoms with Crippen LogP contribution in [-0.2, 0) is 0 Å². The zero-order chi connectivity index (χ0) is 18.3. The number of nitrogens with zero attached hydrogens (tertiary/aromatic N) is 1. The molecule has 4 rings (SSSR count). The van der Waals surface area contributed by atoms with E-state index in [-0.39, 0.29) is 11.3 Å². The highest BCUT2D eigenvalue weighted by Gasteiger charge is 2.14. The smallest absolute Gasteiger partial charge is 0.335 e. The van der Waals surface area contributed by atoms with E-state index < -0.39 is 5.97 Å². The Morgan fingerprint density at radius 1 is 1.15 bits per heavy atom. The van der Waals surface area contributed by atoms with Gasteiger partial charge in [0, 0.05) is 21.5 Å². The summed E-state index contributed by atoms with van der Waals surface area (Å²) >= 11 is 1.56. The van der Waals surface area contributed by atoms with Gasteiger partial charge in [-0.05, 0) is 35.7 Å². The number of nitrogens with one attached hydrogen (secondary N) is 1. The lowest BCUT2D eigenvalue weighted by Crippen LogP contribution is -1.99. The molecule has 2 heterocycles. The van der Waals surface area contributed by atoms with Crippen molar-refractivity contribution < 1.29 is 19.7 Å². The van der Waals surface area contributed by atoms with Gasteiger partial charge in [-0.2, -0.15) is 0 Å². The van der Waals surface area contributed by atoms with Crippen molar-refractivity contribution in [3.05, 3.63) is 53.4 Å². The molecular formula is C19H14N2O4S. The Kier molecular flexibility index (Phi) is 3.85. The lowest BCUT2D eigenvalue weighted by Gasteiger charge is -2.13. The molecule has 4 aromatic rings. The van der Waals surface area contributed by atoms with Gasteiger partial charge in [0.1, 0.15) is 17.3 Å². The monoisotopic (exact) mass is 366 g/mol. The highest BCUT2D eigenvalue weighted by molar-refractivity contribution is 7.18. The Labute approximate surface area is 152 Å². The van der Waals surface area contributed by atoms with Crippen molar-refractivity contribution in [3.63, 3.8) is 0 Å². The normalized spacial score (nSPS) is 11.0. The van der Waals surface area contributed by atoms with Crippen LogP contribution in [0.25, 0.3) is 21.0 Å². The van der Waals surface area contributed by atoms with Gasteiger partial charge in [-0.1, -0.05) is 6.07 Å². The number of benzene rings is 2. The number of fused-ring (bicyclic) bond motifs is 3. The number of hydrogen-bond acceptors (Lipinski definition) is 6. The largest absolute Gasteiger partial charge is 0.508 e. The van der Waals surface area contributed by atoms with E-state index in [1.807, 2.05) is 11.4 Å². The summed E-state index contributed by atoms with van der Waals surface area (Å²) in [5.41, 5.74) is 1.34. The molecule has 2 aromatic carbocycles. The second kappa shape index (κ2) is 6.20. The predicted octanol–water partition coefficient (Wildman–Crippen LogP) is 4.61. The molecule has 0 saturated carbocycles. The molecule has 2 aromatic heterocycles. The lowest BCUT2D eigenvalue weighted by molar-refractivity contribution is 0.0697. The fraction of sp³-hybridized carbons (Fsp3) is 0.0526. The van der Waals surface area contributed by atoms with Crippen LogP contribution in [0.15, 0.2) is 47.8 Å². The number of ether oxygens (including phenoxy) is 1. The van der Waals surface area contributed by atoms with Gasteiger partial charge in [0.05, 0.1) is 23.9 Å². The maximum atomic E-state index is 11.3. The van der Waals surface area contributed by atoms with E-state index in [0.29, 0.717) is 22.8 Å². The van der Waals surface area contributed by atoms with Crippen LogP contribution in [0.1, 0.15) is 10.4 Å². The zero-order valence-electron chi connectivity index (χ0n) is 13.7. The highest BCUT2D eigenvalue weighted by Crippen LogP contribution is 2.37. The molecule has 0 unspecified atom stereocenters. The first kappa shape index (κ1) is 16.2. The third-order valence-corrected chi connectivity index (χ3v) is 5.03. The molecule has 0 aliphatic carbocycles. The van der Waals surface area contributed by atoms with Crippen LogP contribution in [0.4, 0.5) is 11.5 Å². The number of phenols is 1. The van der Waals surface area contributed by atoms with Crippen LogP contribution in [0.3, 0.4) is 0 Å². The molecule has 0 spiro atoms. The number of aromatic nitrogens is 1. The second-order valence-corrected chi connectivity index (χ2v) is 6.59. The molecule has 0 saturated heterocycles. The van der Waals surface area contributed by atoms with Gasteiger partial charge in [-0.25, -0.2) is 9.78 Å². The molecule has 0 atom stereocenters. The molecule has 0 bridgehead atoms. The topological polar surface area (TPSA) is 91.7 Å². The molecule has 6 nitrogen and oxygen atoms in total. The third-order valence-electron chi connectivity index (χ3n) is 4.08. The summed E-state index contributed by atoms with van der Waals surface area (Å²) in [5.74, 6) is 0.237. The standard InChI is InChI=1S/C19H14N2O4S/c1-25-16-5-3-11(22)9-15(16)21-18-13-6-7-26-17(13)12-4-2-10(19(23)24)8-14(12)20-18/h2-9,22H,1H3,(H,20,21)(H,23,24). The van der Waals surface area contributed by atoms with Crippen LogP contribution in [0.5, 0.6) is 11.5 Å². The number of rotatable bonds is 4. The Morgan fingerprint density at radius 2 is 2.00 bits per heavy atom. The Hall–Kier alpha value is -3.32. The van der Waals surface area contributed by atoms with Crippen molar-refractivity contribution in [2.45, 2.75) is 0 Å². The van der Waals surface area contributed by atoms with Gasteiger partial charge in [0.25, 0.3) is 0 Å². The molecule has 26 heavy (non-hydrogen) atoms. The highest BCUT2D eigenvalue weighted by atomic mass is 32.1. The lowest BCUT2D eigenvalue weighted by atomic mass is 10.1. The van der Waals surface area contributed by atoms with Crippen LogP contribution in [0.2, 0.25) is 0 Å². The van der Waals surface area contributed by atoms with Gasteiger partial charge in [0.15, 0.2) is 0 Å². The number of aromatic hydroxyl groups is 1. The minimum atomic E-state index is -0.996. The number of hydrogen-bond donors (Lipinski definition) is 3. The van der Waals surface area contributed by atoms with Gasteiger partial charge >= 0.3 is 5.97 Å². The SMILES string of the molecule is COc1ccc(O)cc1Nc1nc2cc(C(=O)O)ccc2c2sccc12. The van der Waals surface area contributed by atoms with Crippen molar-refractivity contribution in [3.8, 4) is 11.5 Å². The fourth-order valence-electron chi connectivity index (χ4n) is 2.85. The molecule has 3 N–H and O–H groups in total. The maximum absolute atomic E-state index is 11.3. The van der Waals surface area contributed by atoms with Gasteiger partial charge in [0.2, 0.25) is 0 Å².